The molecule has 0 amide bonds. The Hall–Kier alpha value is -1.53. The quantitative estimate of drug-likeness (QED) is 0.929. The van der Waals surface area contributed by atoms with Crippen LogP contribution in [-0.4, -0.2) is 29.2 Å². The zero-order valence-corrected chi connectivity index (χ0v) is 11.5. The van der Waals surface area contributed by atoms with Gasteiger partial charge in [0.05, 0.1) is 5.92 Å². The lowest BCUT2D eigenvalue weighted by atomic mass is 9.96. The van der Waals surface area contributed by atoms with Crippen molar-refractivity contribution in [1.82, 2.24) is 9.97 Å². The summed E-state index contributed by atoms with van der Waals surface area (Å²) in [6.45, 7) is 2.72. The molecule has 0 bridgehead atoms. The molecule has 112 valence electrons. The van der Waals surface area contributed by atoms with Gasteiger partial charge in [-0.1, -0.05) is 6.92 Å². The highest BCUT2D eigenvalue weighted by Crippen LogP contribution is 2.35. The Morgan fingerprint density at radius 1 is 1.30 bits per heavy atom. The first-order valence-electron chi connectivity index (χ1n) is 6.85. The molecule has 4 nitrogen and oxygen atoms in total. The normalized spacial score (nSPS) is 17.5. The van der Waals surface area contributed by atoms with Crippen molar-refractivity contribution in [2.45, 2.75) is 38.8 Å². The second kappa shape index (κ2) is 5.85. The largest absolute Gasteiger partial charge is 0.391 e. The van der Waals surface area contributed by atoms with Crippen molar-refractivity contribution in [3.63, 3.8) is 0 Å². The molecule has 20 heavy (non-hydrogen) atoms. The molecule has 7 heteroatoms. The van der Waals surface area contributed by atoms with Crippen molar-refractivity contribution in [2.24, 2.45) is 5.92 Å². The highest BCUT2D eigenvalue weighted by atomic mass is 19.4. The summed E-state index contributed by atoms with van der Waals surface area (Å²) in [6, 6.07) is 1.63. The third-order valence-electron chi connectivity index (χ3n) is 3.53. The van der Waals surface area contributed by atoms with Crippen LogP contribution >= 0.6 is 0 Å². The summed E-state index contributed by atoms with van der Waals surface area (Å²) in [7, 11) is 0. The van der Waals surface area contributed by atoms with Gasteiger partial charge in [0.2, 0.25) is 0 Å². The van der Waals surface area contributed by atoms with Crippen LogP contribution in [0.25, 0.3) is 0 Å². The minimum absolute atomic E-state index is 0.108. The summed E-state index contributed by atoms with van der Waals surface area (Å²) >= 11 is 0. The average molecular weight is 288 g/mol. The number of anilines is 2. The molecule has 0 aliphatic carbocycles. The van der Waals surface area contributed by atoms with Crippen LogP contribution in [0, 0.1) is 5.92 Å². The number of rotatable bonds is 3. The molecular formula is C13H19F3N4. The number of nitrogens with two attached hydrogens (primary N) is 1. The molecule has 0 spiro atoms. The van der Waals surface area contributed by atoms with Gasteiger partial charge in [-0.2, -0.15) is 13.2 Å². The van der Waals surface area contributed by atoms with Gasteiger partial charge in [0.25, 0.3) is 0 Å². The molecule has 0 unspecified atom stereocenters. The van der Waals surface area contributed by atoms with E-state index in [2.05, 4.69) is 9.97 Å². The third-order valence-corrected chi connectivity index (χ3v) is 3.53. The molecule has 2 heterocycles. The maximum atomic E-state index is 12.6. The Morgan fingerprint density at radius 3 is 2.50 bits per heavy atom. The number of aryl methyl sites for hydroxylation is 1. The van der Waals surface area contributed by atoms with Gasteiger partial charge in [0, 0.05) is 25.6 Å². The van der Waals surface area contributed by atoms with Crippen molar-refractivity contribution in [3.05, 3.63) is 11.9 Å². The first kappa shape index (κ1) is 14.9. The van der Waals surface area contributed by atoms with Crippen LogP contribution in [0.2, 0.25) is 0 Å². The third kappa shape index (κ3) is 3.52. The van der Waals surface area contributed by atoms with Crippen LogP contribution in [0.15, 0.2) is 6.07 Å². The lowest BCUT2D eigenvalue weighted by Crippen LogP contribution is -2.39. The number of nitrogen functional groups attached to an aromatic ring is 1. The number of aromatic nitrogens is 2. The first-order valence-corrected chi connectivity index (χ1v) is 6.85. The Balaban J connectivity index is 2.07. The van der Waals surface area contributed by atoms with Gasteiger partial charge in [0.15, 0.2) is 0 Å². The van der Waals surface area contributed by atoms with Crippen molar-refractivity contribution in [3.8, 4) is 0 Å². The van der Waals surface area contributed by atoms with E-state index in [4.69, 9.17) is 5.73 Å². The minimum atomic E-state index is -4.09. The molecule has 0 atom stereocenters. The van der Waals surface area contributed by atoms with Crippen LogP contribution in [0.3, 0.4) is 0 Å². The van der Waals surface area contributed by atoms with Crippen LogP contribution in [0.5, 0.6) is 0 Å². The second-order valence-electron chi connectivity index (χ2n) is 5.12. The van der Waals surface area contributed by atoms with Crippen LogP contribution in [-0.2, 0) is 6.42 Å². The van der Waals surface area contributed by atoms with E-state index in [1.807, 2.05) is 11.8 Å². The molecule has 0 radical (unpaired) electrons. The molecule has 0 saturated carbocycles. The highest BCUT2D eigenvalue weighted by molar-refractivity contribution is 5.47. The van der Waals surface area contributed by atoms with Crippen LogP contribution in [0.1, 0.15) is 32.0 Å². The Labute approximate surface area is 116 Å². The van der Waals surface area contributed by atoms with E-state index in [0.717, 1.165) is 12.8 Å². The molecule has 1 aromatic rings. The summed E-state index contributed by atoms with van der Waals surface area (Å²) in [5.41, 5.74) is 5.74. The summed E-state index contributed by atoms with van der Waals surface area (Å²) < 4.78 is 37.9. The van der Waals surface area contributed by atoms with E-state index in [1.54, 1.807) is 6.07 Å². The topological polar surface area (TPSA) is 55.0 Å². The van der Waals surface area contributed by atoms with E-state index in [0.29, 0.717) is 30.5 Å². The van der Waals surface area contributed by atoms with Crippen LogP contribution in [0.4, 0.5) is 24.8 Å². The Bertz CT molecular complexity index is 453. The zero-order chi connectivity index (χ0) is 14.8. The van der Waals surface area contributed by atoms with Gasteiger partial charge in [-0.25, -0.2) is 9.97 Å². The maximum Gasteiger partial charge on any atom is 0.391 e. The first-order chi connectivity index (χ1) is 9.40. The number of hydrogen-bond acceptors (Lipinski definition) is 4. The number of nitrogens with zero attached hydrogens (tertiary/aromatic N) is 3. The fourth-order valence-corrected chi connectivity index (χ4v) is 2.44. The van der Waals surface area contributed by atoms with Gasteiger partial charge in [-0.05, 0) is 19.3 Å². The minimum Gasteiger partial charge on any atom is -0.384 e. The van der Waals surface area contributed by atoms with E-state index in [1.165, 1.54) is 0 Å². The van der Waals surface area contributed by atoms with Gasteiger partial charge < -0.3 is 10.6 Å². The SMILES string of the molecule is CCCc1nc(N)cc(N2CCC(C(F)(F)F)CC2)n1. The molecule has 1 fully saturated rings. The van der Waals surface area contributed by atoms with Crippen molar-refractivity contribution < 1.29 is 13.2 Å². The number of halogens is 3. The van der Waals surface area contributed by atoms with Crippen LogP contribution < -0.4 is 10.6 Å². The molecule has 0 aromatic carbocycles. The summed E-state index contributed by atoms with van der Waals surface area (Å²) in [5.74, 6) is 0.464. The monoisotopic (exact) mass is 288 g/mol. The standard InChI is InChI=1S/C13H19F3N4/c1-2-3-11-18-10(17)8-12(19-11)20-6-4-9(5-7-20)13(14,15)16/h8-9H,2-7H2,1H3,(H2,17,18,19). The number of hydrogen-bond donors (Lipinski definition) is 1. The molecule has 2 rings (SSSR count). The molecule has 1 aliphatic heterocycles. The highest BCUT2D eigenvalue weighted by Gasteiger charge is 2.41. The lowest BCUT2D eigenvalue weighted by Gasteiger charge is -2.33. The molecule has 2 N–H and O–H groups in total. The predicted molar refractivity (Wildman–Crippen MR) is 71.4 cm³/mol. The number of alkyl halides is 3. The van der Waals surface area contributed by atoms with Crippen molar-refractivity contribution in [1.29, 1.82) is 0 Å². The average Bonchev–Trinajstić information content (AvgIpc) is 2.37. The summed E-state index contributed by atoms with van der Waals surface area (Å²) in [6.07, 6.45) is -2.26. The number of piperidine rings is 1. The second-order valence-corrected chi connectivity index (χ2v) is 5.12. The molecule has 1 aliphatic rings. The van der Waals surface area contributed by atoms with E-state index < -0.39 is 12.1 Å². The van der Waals surface area contributed by atoms with Gasteiger partial charge in [-0.3, -0.25) is 0 Å². The smallest absolute Gasteiger partial charge is 0.384 e. The zero-order valence-electron chi connectivity index (χ0n) is 11.5. The van der Waals surface area contributed by atoms with Gasteiger partial charge in [-0.15, -0.1) is 0 Å². The fraction of sp³-hybridized carbons (Fsp3) is 0.692. The summed E-state index contributed by atoms with van der Waals surface area (Å²) in [5, 5.41) is 0. The van der Waals surface area contributed by atoms with E-state index in [9.17, 15) is 13.2 Å². The molecular weight excluding hydrogens is 269 g/mol. The Morgan fingerprint density at radius 2 is 1.95 bits per heavy atom. The fourth-order valence-electron chi connectivity index (χ4n) is 2.44. The van der Waals surface area contributed by atoms with Crippen molar-refractivity contribution in [2.75, 3.05) is 23.7 Å². The summed E-state index contributed by atoms with van der Waals surface area (Å²) in [4.78, 5) is 10.4. The van der Waals surface area contributed by atoms with Gasteiger partial charge in [0.1, 0.15) is 17.5 Å². The van der Waals surface area contributed by atoms with Crippen molar-refractivity contribution >= 4 is 11.6 Å². The predicted octanol–water partition coefficient (Wildman–Crippen LogP) is 2.79. The molecule has 1 saturated heterocycles. The maximum absolute atomic E-state index is 12.6. The van der Waals surface area contributed by atoms with Gasteiger partial charge >= 0.3 is 6.18 Å². The lowest BCUT2D eigenvalue weighted by molar-refractivity contribution is -0.179. The Kier molecular flexibility index (Phi) is 4.35. The molecule has 1 aromatic heterocycles. The van der Waals surface area contributed by atoms with E-state index >= 15 is 0 Å². The van der Waals surface area contributed by atoms with E-state index in [-0.39, 0.29) is 12.8 Å².